The molecule has 0 bridgehead atoms. The van der Waals surface area contributed by atoms with Crippen molar-refractivity contribution in [2.75, 3.05) is 10.5 Å². The summed E-state index contributed by atoms with van der Waals surface area (Å²) >= 11 is 1.23. The standard InChI is InChI=1S/C12H16N4O2S2/c1-3-8-5-6-9(13)7-10(8)20(17,18)16-12-15-14-11(4-2)19-12/h5-7H,3-4,13H2,1-2H3,(H,15,16). The lowest BCUT2D eigenvalue weighted by Crippen LogP contribution is -2.15. The van der Waals surface area contributed by atoms with Gasteiger partial charge in [-0.05, 0) is 30.5 Å². The summed E-state index contributed by atoms with van der Waals surface area (Å²) in [5, 5.41) is 8.77. The fourth-order valence-electron chi connectivity index (χ4n) is 1.72. The molecule has 0 radical (unpaired) electrons. The summed E-state index contributed by atoms with van der Waals surface area (Å²) in [6.07, 6.45) is 1.32. The number of sulfonamides is 1. The molecule has 0 saturated heterocycles. The van der Waals surface area contributed by atoms with Crippen molar-refractivity contribution in [3.63, 3.8) is 0 Å². The number of hydrogen-bond acceptors (Lipinski definition) is 6. The van der Waals surface area contributed by atoms with Gasteiger partial charge in [-0.3, -0.25) is 4.72 Å². The SMILES string of the molecule is CCc1nnc(NS(=O)(=O)c2cc(N)ccc2CC)s1. The van der Waals surface area contributed by atoms with Crippen molar-refractivity contribution in [1.82, 2.24) is 10.2 Å². The van der Waals surface area contributed by atoms with Gasteiger partial charge in [0, 0.05) is 5.69 Å². The van der Waals surface area contributed by atoms with Gasteiger partial charge in [-0.2, -0.15) is 0 Å². The Hall–Kier alpha value is -1.67. The Labute approximate surface area is 122 Å². The lowest BCUT2D eigenvalue weighted by molar-refractivity contribution is 0.600. The summed E-state index contributed by atoms with van der Waals surface area (Å²) in [6.45, 7) is 3.83. The van der Waals surface area contributed by atoms with E-state index in [9.17, 15) is 8.42 Å². The first-order chi connectivity index (χ1) is 9.46. The monoisotopic (exact) mass is 312 g/mol. The number of aromatic nitrogens is 2. The summed E-state index contributed by atoms with van der Waals surface area (Å²) in [5.41, 5.74) is 6.81. The molecule has 1 aromatic carbocycles. The third-order valence-electron chi connectivity index (χ3n) is 2.75. The van der Waals surface area contributed by atoms with Crippen LogP contribution in [0.5, 0.6) is 0 Å². The van der Waals surface area contributed by atoms with E-state index >= 15 is 0 Å². The fourth-order valence-corrected chi connectivity index (χ4v) is 3.98. The van der Waals surface area contributed by atoms with Crippen LogP contribution in [0.4, 0.5) is 10.8 Å². The molecule has 8 heteroatoms. The fraction of sp³-hybridized carbons (Fsp3) is 0.333. The molecule has 0 aliphatic rings. The van der Waals surface area contributed by atoms with E-state index in [4.69, 9.17) is 5.73 Å². The molecule has 0 aliphatic carbocycles. The van der Waals surface area contributed by atoms with Gasteiger partial charge in [0.2, 0.25) is 5.13 Å². The number of rotatable bonds is 5. The van der Waals surface area contributed by atoms with Crippen LogP contribution >= 0.6 is 11.3 Å². The molecule has 2 rings (SSSR count). The Morgan fingerprint density at radius 1 is 1.25 bits per heavy atom. The van der Waals surface area contributed by atoms with E-state index in [0.717, 1.165) is 11.4 Å². The Morgan fingerprint density at radius 3 is 2.60 bits per heavy atom. The Balaban J connectivity index is 2.37. The van der Waals surface area contributed by atoms with E-state index in [2.05, 4.69) is 14.9 Å². The second-order valence-corrected chi connectivity index (χ2v) is 6.89. The normalized spacial score (nSPS) is 11.5. The molecule has 108 valence electrons. The maximum Gasteiger partial charge on any atom is 0.264 e. The zero-order valence-electron chi connectivity index (χ0n) is 11.3. The van der Waals surface area contributed by atoms with Crippen molar-refractivity contribution >= 4 is 32.2 Å². The van der Waals surface area contributed by atoms with Crippen LogP contribution in [0.15, 0.2) is 23.1 Å². The molecule has 0 atom stereocenters. The van der Waals surface area contributed by atoms with Crippen molar-refractivity contribution in [3.8, 4) is 0 Å². The quantitative estimate of drug-likeness (QED) is 0.823. The van der Waals surface area contributed by atoms with Crippen LogP contribution in [-0.2, 0) is 22.9 Å². The number of nitrogens with two attached hydrogens (primary N) is 1. The predicted molar refractivity (Wildman–Crippen MR) is 80.3 cm³/mol. The second-order valence-electron chi connectivity index (χ2n) is 4.18. The van der Waals surface area contributed by atoms with E-state index in [-0.39, 0.29) is 10.0 Å². The van der Waals surface area contributed by atoms with E-state index in [1.165, 1.54) is 17.4 Å². The van der Waals surface area contributed by atoms with Crippen LogP contribution in [0.25, 0.3) is 0 Å². The zero-order valence-corrected chi connectivity index (χ0v) is 12.9. The predicted octanol–water partition coefficient (Wildman–Crippen LogP) is 2.05. The number of nitrogen functional groups attached to an aromatic ring is 1. The van der Waals surface area contributed by atoms with Gasteiger partial charge in [-0.15, -0.1) is 10.2 Å². The maximum absolute atomic E-state index is 12.4. The van der Waals surface area contributed by atoms with Crippen molar-refractivity contribution in [3.05, 3.63) is 28.8 Å². The first kappa shape index (κ1) is 14.7. The first-order valence-corrected chi connectivity index (χ1v) is 8.49. The second kappa shape index (κ2) is 5.76. The molecular formula is C12H16N4O2S2. The molecule has 0 fully saturated rings. The number of anilines is 2. The molecule has 0 amide bonds. The topological polar surface area (TPSA) is 98.0 Å². The van der Waals surface area contributed by atoms with E-state index in [1.807, 2.05) is 13.8 Å². The molecule has 0 saturated carbocycles. The van der Waals surface area contributed by atoms with Crippen LogP contribution in [0.2, 0.25) is 0 Å². The summed E-state index contributed by atoms with van der Waals surface area (Å²) < 4.78 is 27.3. The van der Waals surface area contributed by atoms with E-state index in [1.54, 1.807) is 12.1 Å². The summed E-state index contributed by atoms with van der Waals surface area (Å²) in [6, 6.07) is 4.88. The zero-order chi connectivity index (χ0) is 14.8. The van der Waals surface area contributed by atoms with E-state index < -0.39 is 10.0 Å². The molecule has 6 nitrogen and oxygen atoms in total. The van der Waals surface area contributed by atoms with Crippen molar-refractivity contribution < 1.29 is 8.42 Å². The minimum atomic E-state index is -3.70. The Kier molecular flexibility index (Phi) is 4.24. The van der Waals surface area contributed by atoms with Crippen molar-refractivity contribution in [2.24, 2.45) is 0 Å². The number of benzene rings is 1. The Morgan fingerprint density at radius 2 is 2.00 bits per heavy atom. The van der Waals surface area contributed by atoms with Gasteiger partial charge < -0.3 is 5.73 Å². The molecule has 0 spiro atoms. The van der Waals surface area contributed by atoms with Crippen LogP contribution in [-0.4, -0.2) is 18.6 Å². The highest BCUT2D eigenvalue weighted by molar-refractivity contribution is 7.93. The Bertz CT molecular complexity index is 710. The summed E-state index contributed by atoms with van der Waals surface area (Å²) in [5.74, 6) is 0. The molecule has 20 heavy (non-hydrogen) atoms. The maximum atomic E-state index is 12.4. The minimum Gasteiger partial charge on any atom is -0.399 e. The van der Waals surface area contributed by atoms with Crippen LogP contribution in [0.1, 0.15) is 24.4 Å². The first-order valence-electron chi connectivity index (χ1n) is 6.20. The highest BCUT2D eigenvalue weighted by Crippen LogP contribution is 2.24. The van der Waals surface area contributed by atoms with Gasteiger partial charge in [0.15, 0.2) is 0 Å². The summed E-state index contributed by atoms with van der Waals surface area (Å²) in [7, 11) is -3.70. The van der Waals surface area contributed by atoms with E-state index in [0.29, 0.717) is 17.7 Å². The minimum absolute atomic E-state index is 0.188. The van der Waals surface area contributed by atoms with Gasteiger partial charge >= 0.3 is 0 Å². The molecular weight excluding hydrogens is 296 g/mol. The number of nitrogens with zero attached hydrogens (tertiary/aromatic N) is 2. The molecule has 1 aromatic heterocycles. The smallest absolute Gasteiger partial charge is 0.264 e. The third-order valence-corrected chi connectivity index (χ3v) is 5.29. The molecule has 0 aliphatic heterocycles. The lowest BCUT2D eigenvalue weighted by atomic mass is 10.1. The van der Waals surface area contributed by atoms with Gasteiger partial charge in [-0.25, -0.2) is 8.42 Å². The van der Waals surface area contributed by atoms with Gasteiger partial charge in [0.25, 0.3) is 10.0 Å². The largest absolute Gasteiger partial charge is 0.399 e. The van der Waals surface area contributed by atoms with Gasteiger partial charge in [-0.1, -0.05) is 31.3 Å². The molecule has 1 heterocycles. The average molecular weight is 312 g/mol. The highest BCUT2D eigenvalue weighted by atomic mass is 32.2. The van der Waals surface area contributed by atoms with Gasteiger partial charge in [0.1, 0.15) is 5.01 Å². The summed E-state index contributed by atoms with van der Waals surface area (Å²) in [4.78, 5) is 0.188. The highest BCUT2D eigenvalue weighted by Gasteiger charge is 2.20. The molecule has 2 aromatic rings. The van der Waals surface area contributed by atoms with Gasteiger partial charge in [0.05, 0.1) is 4.90 Å². The lowest BCUT2D eigenvalue weighted by Gasteiger charge is -2.10. The number of aryl methyl sites for hydroxylation is 2. The molecule has 0 unspecified atom stereocenters. The number of hydrogen-bond donors (Lipinski definition) is 2. The third kappa shape index (κ3) is 3.07. The van der Waals surface area contributed by atoms with Crippen molar-refractivity contribution in [2.45, 2.75) is 31.6 Å². The van der Waals surface area contributed by atoms with Crippen LogP contribution in [0, 0.1) is 0 Å². The molecule has 3 N–H and O–H groups in total. The van der Waals surface area contributed by atoms with Crippen molar-refractivity contribution in [1.29, 1.82) is 0 Å². The van der Waals surface area contributed by atoms with Crippen LogP contribution < -0.4 is 10.5 Å². The van der Waals surface area contributed by atoms with Crippen LogP contribution in [0.3, 0.4) is 0 Å². The number of nitrogens with one attached hydrogen (secondary N) is 1. The average Bonchev–Trinajstić information content (AvgIpc) is 2.85.